The summed E-state index contributed by atoms with van der Waals surface area (Å²) in [5.41, 5.74) is 7.66. The highest BCUT2D eigenvalue weighted by atomic mass is 79.9. The molecule has 98 valence electrons. The molecule has 1 aliphatic heterocycles. The third kappa shape index (κ3) is 2.19. The van der Waals surface area contributed by atoms with Crippen molar-refractivity contribution in [2.45, 2.75) is 33.2 Å². The summed E-state index contributed by atoms with van der Waals surface area (Å²) >= 11 is 3.51. The number of hydrogen-bond acceptors (Lipinski definition) is 2. The first-order valence-corrected chi connectivity index (χ1v) is 6.97. The zero-order valence-corrected chi connectivity index (χ0v) is 12.6. The van der Waals surface area contributed by atoms with Gasteiger partial charge in [0.05, 0.1) is 5.41 Å². The van der Waals surface area contributed by atoms with Gasteiger partial charge >= 0.3 is 0 Å². The fourth-order valence-electron chi connectivity index (χ4n) is 2.23. The molecule has 2 N–H and O–H groups in total. The molecule has 18 heavy (non-hydrogen) atoms. The van der Waals surface area contributed by atoms with E-state index in [2.05, 4.69) is 15.9 Å². The van der Waals surface area contributed by atoms with Crippen LogP contribution in [0.15, 0.2) is 22.7 Å². The van der Waals surface area contributed by atoms with E-state index in [0.29, 0.717) is 6.54 Å². The van der Waals surface area contributed by atoms with E-state index < -0.39 is 5.41 Å². The maximum absolute atomic E-state index is 12.5. The summed E-state index contributed by atoms with van der Waals surface area (Å²) in [4.78, 5) is 14.3. The van der Waals surface area contributed by atoms with Crippen molar-refractivity contribution in [3.63, 3.8) is 0 Å². The van der Waals surface area contributed by atoms with E-state index in [1.807, 2.05) is 43.9 Å². The molecule has 1 atom stereocenters. The third-order valence-corrected chi connectivity index (χ3v) is 4.71. The number of nitrogens with zero attached hydrogens (tertiary/aromatic N) is 1. The van der Waals surface area contributed by atoms with Crippen LogP contribution in [0.4, 0.5) is 5.69 Å². The first kappa shape index (κ1) is 13.6. The first-order chi connectivity index (χ1) is 8.34. The zero-order chi connectivity index (χ0) is 13.5. The van der Waals surface area contributed by atoms with E-state index in [0.717, 1.165) is 16.6 Å². The van der Waals surface area contributed by atoms with Crippen molar-refractivity contribution in [1.29, 1.82) is 0 Å². The van der Waals surface area contributed by atoms with Crippen molar-refractivity contribution in [1.82, 2.24) is 0 Å². The quantitative estimate of drug-likeness (QED) is 0.867. The van der Waals surface area contributed by atoms with Gasteiger partial charge in [-0.25, -0.2) is 0 Å². The van der Waals surface area contributed by atoms with Crippen LogP contribution in [0.3, 0.4) is 0 Å². The van der Waals surface area contributed by atoms with E-state index in [4.69, 9.17) is 5.73 Å². The van der Waals surface area contributed by atoms with Gasteiger partial charge in [-0.2, -0.15) is 0 Å². The molecular weight excluding hydrogens is 292 g/mol. The van der Waals surface area contributed by atoms with Crippen LogP contribution in [0.25, 0.3) is 0 Å². The predicted molar refractivity (Wildman–Crippen MR) is 77.6 cm³/mol. The monoisotopic (exact) mass is 310 g/mol. The third-order valence-electron chi connectivity index (χ3n) is 3.85. The number of halogens is 1. The molecule has 1 aromatic carbocycles. The zero-order valence-electron chi connectivity index (χ0n) is 11.0. The second-order valence-electron chi connectivity index (χ2n) is 5.51. The summed E-state index contributed by atoms with van der Waals surface area (Å²) in [6.07, 6.45) is 0.838. The molecule has 2 rings (SSSR count). The Morgan fingerprint density at radius 2 is 2.11 bits per heavy atom. The minimum atomic E-state index is -0.490. The van der Waals surface area contributed by atoms with Crippen LogP contribution < -0.4 is 10.6 Å². The summed E-state index contributed by atoms with van der Waals surface area (Å²) < 4.78 is 1.03. The number of anilines is 1. The second kappa shape index (κ2) is 4.67. The Balaban J connectivity index is 2.34. The van der Waals surface area contributed by atoms with E-state index in [1.54, 1.807) is 0 Å². The number of carbonyl (C=O) groups excluding carboxylic acids is 1. The van der Waals surface area contributed by atoms with Gasteiger partial charge < -0.3 is 10.6 Å². The maximum Gasteiger partial charge on any atom is 0.234 e. The SMILES string of the molecule is Cc1ccc(N2CCC(N)C(C)(C)C2=O)cc1Br. The Morgan fingerprint density at radius 1 is 1.44 bits per heavy atom. The maximum atomic E-state index is 12.5. The number of amides is 1. The Kier molecular flexibility index (Phi) is 3.52. The van der Waals surface area contributed by atoms with Crippen molar-refractivity contribution in [2.24, 2.45) is 11.1 Å². The Bertz CT molecular complexity index is 485. The van der Waals surface area contributed by atoms with E-state index in [1.165, 1.54) is 5.56 Å². The van der Waals surface area contributed by atoms with Gasteiger partial charge in [-0.1, -0.05) is 22.0 Å². The predicted octanol–water partition coefficient (Wildman–Crippen LogP) is 2.85. The van der Waals surface area contributed by atoms with Gasteiger partial charge in [-0.05, 0) is 44.9 Å². The van der Waals surface area contributed by atoms with Gasteiger partial charge in [-0.3, -0.25) is 4.79 Å². The van der Waals surface area contributed by atoms with Crippen molar-refractivity contribution >= 4 is 27.5 Å². The van der Waals surface area contributed by atoms with Crippen LogP contribution in [-0.2, 0) is 4.79 Å². The van der Waals surface area contributed by atoms with Crippen LogP contribution in [0.5, 0.6) is 0 Å². The molecule has 1 aromatic rings. The highest BCUT2D eigenvalue weighted by Crippen LogP contribution is 2.33. The van der Waals surface area contributed by atoms with Gasteiger partial charge in [-0.15, -0.1) is 0 Å². The van der Waals surface area contributed by atoms with Crippen LogP contribution >= 0.6 is 15.9 Å². The Hall–Kier alpha value is -0.870. The van der Waals surface area contributed by atoms with Crippen LogP contribution in [-0.4, -0.2) is 18.5 Å². The molecule has 1 amide bonds. The minimum absolute atomic E-state index is 0.0601. The molecule has 1 aliphatic rings. The van der Waals surface area contributed by atoms with Crippen LogP contribution in [0, 0.1) is 12.3 Å². The van der Waals surface area contributed by atoms with Crippen LogP contribution in [0.2, 0.25) is 0 Å². The Labute approximate surface area is 116 Å². The molecule has 1 unspecified atom stereocenters. The van der Waals surface area contributed by atoms with Gasteiger partial charge in [0.2, 0.25) is 5.91 Å². The van der Waals surface area contributed by atoms with Gasteiger partial charge in [0.1, 0.15) is 0 Å². The molecule has 1 saturated heterocycles. The highest BCUT2D eigenvalue weighted by molar-refractivity contribution is 9.10. The lowest BCUT2D eigenvalue weighted by Gasteiger charge is -2.41. The molecule has 0 aromatic heterocycles. The summed E-state index contributed by atoms with van der Waals surface area (Å²) in [6.45, 7) is 6.58. The molecule has 1 fully saturated rings. The second-order valence-corrected chi connectivity index (χ2v) is 6.36. The molecule has 1 heterocycles. The highest BCUT2D eigenvalue weighted by Gasteiger charge is 2.42. The number of nitrogens with two attached hydrogens (primary N) is 1. The average Bonchev–Trinajstić information content (AvgIpc) is 2.31. The van der Waals surface area contributed by atoms with Crippen molar-refractivity contribution in [3.05, 3.63) is 28.2 Å². The van der Waals surface area contributed by atoms with Gasteiger partial charge in [0, 0.05) is 22.7 Å². The number of rotatable bonds is 1. The number of hydrogen-bond donors (Lipinski definition) is 1. The average molecular weight is 311 g/mol. The Morgan fingerprint density at radius 3 is 2.72 bits per heavy atom. The molecule has 0 bridgehead atoms. The van der Waals surface area contributed by atoms with E-state index in [-0.39, 0.29) is 11.9 Å². The molecule has 3 nitrogen and oxygen atoms in total. The number of piperidine rings is 1. The van der Waals surface area contributed by atoms with Crippen molar-refractivity contribution < 1.29 is 4.79 Å². The van der Waals surface area contributed by atoms with Gasteiger partial charge in [0.25, 0.3) is 0 Å². The molecular formula is C14H19BrN2O. The minimum Gasteiger partial charge on any atom is -0.327 e. The summed E-state index contributed by atoms with van der Waals surface area (Å²) in [7, 11) is 0. The number of benzene rings is 1. The summed E-state index contributed by atoms with van der Waals surface area (Å²) in [5, 5.41) is 0. The summed E-state index contributed by atoms with van der Waals surface area (Å²) in [5.74, 6) is 0.108. The number of aryl methyl sites for hydroxylation is 1. The fraction of sp³-hybridized carbons (Fsp3) is 0.500. The molecule has 0 spiro atoms. The van der Waals surface area contributed by atoms with Gasteiger partial charge in [0.15, 0.2) is 0 Å². The molecule has 0 saturated carbocycles. The first-order valence-electron chi connectivity index (χ1n) is 6.17. The lowest BCUT2D eigenvalue weighted by molar-refractivity contribution is -0.129. The number of carbonyl (C=O) groups is 1. The standard InChI is InChI=1S/C14H19BrN2O/c1-9-4-5-10(8-11(9)15)17-7-6-12(16)14(2,3)13(17)18/h4-5,8,12H,6-7,16H2,1-3H3. The summed E-state index contributed by atoms with van der Waals surface area (Å²) in [6, 6.07) is 5.95. The largest absolute Gasteiger partial charge is 0.327 e. The molecule has 0 radical (unpaired) electrons. The van der Waals surface area contributed by atoms with Crippen molar-refractivity contribution in [3.8, 4) is 0 Å². The van der Waals surface area contributed by atoms with Crippen LogP contribution in [0.1, 0.15) is 25.8 Å². The lowest BCUT2D eigenvalue weighted by atomic mass is 9.78. The lowest BCUT2D eigenvalue weighted by Crippen LogP contribution is -2.56. The molecule has 0 aliphatic carbocycles. The fourth-order valence-corrected chi connectivity index (χ4v) is 2.60. The van der Waals surface area contributed by atoms with Crippen molar-refractivity contribution in [2.75, 3.05) is 11.4 Å². The van der Waals surface area contributed by atoms with E-state index in [9.17, 15) is 4.79 Å². The topological polar surface area (TPSA) is 46.3 Å². The normalized spacial score (nSPS) is 23.3. The van der Waals surface area contributed by atoms with E-state index >= 15 is 0 Å². The molecule has 4 heteroatoms. The smallest absolute Gasteiger partial charge is 0.234 e.